The molecule has 0 fully saturated rings. The molecule has 0 aromatic heterocycles. The number of ether oxygens (including phenoxy) is 2. The largest absolute Gasteiger partial charge is 0.497 e. The fourth-order valence-corrected chi connectivity index (χ4v) is 4.07. The van der Waals surface area contributed by atoms with Crippen molar-refractivity contribution in [1.82, 2.24) is 4.72 Å². The van der Waals surface area contributed by atoms with Gasteiger partial charge in [0.2, 0.25) is 10.0 Å². The Morgan fingerprint density at radius 2 is 1.62 bits per heavy atom. The van der Waals surface area contributed by atoms with Crippen LogP contribution in [0.15, 0.2) is 77.7 Å². The molecule has 0 heterocycles. The van der Waals surface area contributed by atoms with Gasteiger partial charge in [-0.15, -0.1) is 0 Å². The average molecular weight is 484 g/mol. The van der Waals surface area contributed by atoms with E-state index in [1.807, 2.05) is 10.8 Å². The first-order chi connectivity index (χ1) is 16.2. The number of methoxy groups -OCH3 is 1. The number of hydrogen-bond acceptors (Lipinski definition) is 8. The number of sulfonamides is 1. The molecular formula is C23H20N2O8S. The molecule has 34 heavy (non-hydrogen) atoms. The number of nitro benzene ring substituents is 1. The molecule has 3 aromatic rings. The molecule has 1 N–H and O–H groups in total. The van der Waals surface area contributed by atoms with E-state index in [1.165, 1.54) is 13.2 Å². The van der Waals surface area contributed by atoms with E-state index in [0.29, 0.717) is 16.7 Å². The van der Waals surface area contributed by atoms with Gasteiger partial charge in [-0.2, -0.15) is 4.72 Å². The third kappa shape index (κ3) is 6.03. The van der Waals surface area contributed by atoms with E-state index in [1.54, 1.807) is 48.5 Å². The van der Waals surface area contributed by atoms with Gasteiger partial charge in [0.05, 0.1) is 18.1 Å². The molecule has 11 heteroatoms. The molecule has 10 nitrogen and oxygen atoms in total. The van der Waals surface area contributed by atoms with Gasteiger partial charge in [-0.3, -0.25) is 19.7 Å². The third-order valence-corrected chi connectivity index (χ3v) is 6.16. The summed E-state index contributed by atoms with van der Waals surface area (Å²) in [7, 11) is -3.08. The SMILES string of the molecule is COc1ccc(S(=O)(=O)NCC(=O)OCc2ccc(C(=O)c3ccccc3)cc2)c([N+](=O)[O-])c1. The molecule has 0 spiro atoms. The van der Waals surface area contributed by atoms with E-state index in [9.17, 15) is 28.1 Å². The van der Waals surface area contributed by atoms with Crippen LogP contribution in [0, 0.1) is 10.1 Å². The summed E-state index contributed by atoms with van der Waals surface area (Å²) >= 11 is 0. The highest BCUT2D eigenvalue weighted by atomic mass is 32.2. The Labute approximate surface area is 195 Å². The second kappa shape index (κ2) is 10.7. The molecule has 0 aliphatic carbocycles. The van der Waals surface area contributed by atoms with Crippen molar-refractivity contribution in [3.8, 4) is 5.75 Å². The molecule has 3 rings (SSSR count). The molecule has 0 atom stereocenters. The molecule has 0 unspecified atom stereocenters. The number of nitrogens with zero attached hydrogens (tertiary/aromatic N) is 1. The van der Waals surface area contributed by atoms with Crippen LogP contribution in [0.4, 0.5) is 5.69 Å². The Morgan fingerprint density at radius 3 is 2.24 bits per heavy atom. The van der Waals surface area contributed by atoms with Crippen molar-refractivity contribution in [3.05, 3.63) is 99.6 Å². The number of nitro groups is 1. The summed E-state index contributed by atoms with van der Waals surface area (Å²) in [6.45, 7) is -0.876. The number of hydrogen-bond donors (Lipinski definition) is 1. The topological polar surface area (TPSA) is 142 Å². The number of esters is 1. The minimum atomic E-state index is -4.37. The van der Waals surface area contributed by atoms with Crippen molar-refractivity contribution >= 4 is 27.5 Å². The number of carbonyl (C=O) groups is 2. The molecule has 176 valence electrons. The van der Waals surface area contributed by atoms with Crippen molar-refractivity contribution in [2.24, 2.45) is 0 Å². The molecule has 0 aliphatic rings. The zero-order valence-electron chi connectivity index (χ0n) is 18.0. The van der Waals surface area contributed by atoms with Crippen LogP contribution in [-0.2, 0) is 26.2 Å². The number of nitrogens with one attached hydrogen (secondary N) is 1. The summed E-state index contributed by atoms with van der Waals surface area (Å²) in [5.41, 5.74) is 0.915. The Morgan fingerprint density at radius 1 is 0.971 bits per heavy atom. The number of benzene rings is 3. The molecule has 0 bridgehead atoms. The fraction of sp³-hybridized carbons (Fsp3) is 0.130. The molecule has 0 saturated carbocycles. The van der Waals surface area contributed by atoms with E-state index in [-0.39, 0.29) is 18.1 Å². The first-order valence-corrected chi connectivity index (χ1v) is 11.4. The highest BCUT2D eigenvalue weighted by Gasteiger charge is 2.27. The maximum atomic E-state index is 12.5. The Balaban J connectivity index is 1.57. The van der Waals surface area contributed by atoms with Gasteiger partial charge >= 0.3 is 5.97 Å². The van der Waals surface area contributed by atoms with E-state index in [0.717, 1.165) is 12.1 Å². The van der Waals surface area contributed by atoms with Crippen molar-refractivity contribution < 1.29 is 32.4 Å². The maximum absolute atomic E-state index is 12.5. The predicted octanol–water partition coefficient (Wildman–Crippen LogP) is 2.86. The van der Waals surface area contributed by atoms with Gasteiger partial charge in [0.25, 0.3) is 5.69 Å². The average Bonchev–Trinajstić information content (AvgIpc) is 2.86. The Hall–Kier alpha value is -4.09. The number of rotatable bonds is 10. The van der Waals surface area contributed by atoms with Crippen molar-refractivity contribution in [2.45, 2.75) is 11.5 Å². The van der Waals surface area contributed by atoms with Crippen LogP contribution in [0.2, 0.25) is 0 Å². The van der Waals surface area contributed by atoms with E-state index in [2.05, 4.69) is 0 Å². The first kappa shape index (κ1) is 24.6. The van der Waals surface area contributed by atoms with Crippen molar-refractivity contribution in [1.29, 1.82) is 0 Å². The first-order valence-electron chi connectivity index (χ1n) is 9.87. The molecular weight excluding hydrogens is 464 g/mol. The van der Waals surface area contributed by atoms with E-state index < -0.39 is 38.0 Å². The minimum Gasteiger partial charge on any atom is -0.497 e. The molecule has 3 aromatic carbocycles. The van der Waals surface area contributed by atoms with Gasteiger partial charge in [0.15, 0.2) is 10.7 Å². The Bertz CT molecular complexity index is 1310. The minimum absolute atomic E-state index is 0.113. The van der Waals surface area contributed by atoms with Crippen molar-refractivity contribution in [3.63, 3.8) is 0 Å². The van der Waals surface area contributed by atoms with Crippen LogP contribution < -0.4 is 9.46 Å². The summed E-state index contributed by atoms with van der Waals surface area (Å²) in [4.78, 5) is 34.2. The van der Waals surface area contributed by atoms with Crippen LogP contribution in [0.5, 0.6) is 5.75 Å². The van der Waals surface area contributed by atoms with Gasteiger partial charge in [0.1, 0.15) is 18.9 Å². The molecule has 0 radical (unpaired) electrons. The fourth-order valence-electron chi connectivity index (χ4n) is 2.95. The maximum Gasteiger partial charge on any atom is 0.321 e. The van der Waals surface area contributed by atoms with Crippen molar-refractivity contribution in [2.75, 3.05) is 13.7 Å². The summed E-state index contributed by atoms with van der Waals surface area (Å²) in [5, 5.41) is 11.2. The van der Waals surface area contributed by atoms with Crippen LogP contribution in [-0.4, -0.2) is 38.7 Å². The summed E-state index contributed by atoms with van der Waals surface area (Å²) in [6.07, 6.45) is 0. The second-order valence-corrected chi connectivity index (χ2v) is 8.70. The lowest BCUT2D eigenvalue weighted by atomic mass is 10.0. The van der Waals surface area contributed by atoms with Gasteiger partial charge < -0.3 is 9.47 Å². The second-order valence-electron chi connectivity index (χ2n) is 6.97. The predicted molar refractivity (Wildman–Crippen MR) is 121 cm³/mol. The number of ketones is 1. The zero-order valence-corrected chi connectivity index (χ0v) is 18.8. The number of carbonyl (C=O) groups excluding carboxylic acids is 2. The lowest BCUT2D eigenvalue weighted by Gasteiger charge is -2.09. The van der Waals surface area contributed by atoms with Gasteiger partial charge in [0, 0.05) is 11.1 Å². The van der Waals surface area contributed by atoms with Crippen LogP contribution >= 0.6 is 0 Å². The molecule has 0 saturated heterocycles. The summed E-state index contributed by atoms with van der Waals surface area (Å²) in [5.74, 6) is -0.920. The monoisotopic (exact) mass is 484 g/mol. The zero-order chi connectivity index (χ0) is 24.7. The normalized spacial score (nSPS) is 11.0. The van der Waals surface area contributed by atoms with E-state index >= 15 is 0 Å². The van der Waals surface area contributed by atoms with Crippen LogP contribution in [0.3, 0.4) is 0 Å². The molecule has 0 aliphatic heterocycles. The van der Waals surface area contributed by atoms with Crippen LogP contribution in [0.25, 0.3) is 0 Å². The summed E-state index contributed by atoms with van der Waals surface area (Å²) in [6, 6.07) is 18.4. The Kier molecular flexibility index (Phi) is 7.71. The quantitative estimate of drug-likeness (QED) is 0.200. The van der Waals surface area contributed by atoms with Gasteiger partial charge in [-0.25, -0.2) is 8.42 Å². The third-order valence-electron chi connectivity index (χ3n) is 4.71. The van der Waals surface area contributed by atoms with Gasteiger partial charge in [-0.05, 0) is 17.7 Å². The molecule has 0 amide bonds. The highest BCUT2D eigenvalue weighted by Crippen LogP contribution is 2.28. The lowest BCUT2D eigenvalue weighted by Crippen LogP contribution is -2.31. The highest BCUT2D eigenvalue weighted by molar-refractivity contribution is 7.89. The van der Waals surface area contributed by atoms with Crippen LogP contribution in [0.1, 0.15) is 21.5 Å². The standard InChI is InChI=1S/C23H20N2O8S/c1-32-19-11-12-21(20(13-19)25(28)29)34(30,31)24-14-22(26)33-15-16-7-9-18(10-8-16)23(27)17-5-3-2-4-6-17/h2-13,24H,14-15H2,1H3. The summed E-state index contributed by atoms with van der Waals surface area (Å²) < 4.78 is 36.8. The van der Waals surface area contributed by atoms with Gasteiger partial charge in [-0.1, -0.05) is 54.6 Å². The van der Waals surface area contributed by atoms with E-state index in [4.69, 9.17) is 9.47 Å². The lowest BCUT2D eigenvalue weighted by molar-refractivity contribution is -0.387. The smallest absolute Gasteiger partial charge is 0.321 e.